The molecule has 0 radical (unpaired) electrons. The molecular weight excluding hydrogens is 329 g/mol. The Balaban J connectivity index is 1.49. The zero-order valence-electron chi connectivity index (χ0n) is 13.5. The van der Waals surface area contributed by atoms with E-state index < -0.39 is 5.97 Å². The fourth-order valence-electron chi connectivity index (χ4n) is 2.89. The van der Waals surface area contributed by atoms with Crippen molar-refractivity contribution < 1.29 is 14.3 Å². The number of carbonyl (C=O) groups is 1. The molecule has 0 amide bonds. The van der Waals surface area contributed by atoms with E-state index in [2.05, 4.69) is 14.8 Å². The molecule has 128 valence electrons. The molecule has 1 aromatic heterocycles. The molecule has 2 aromatic rings. The van der Waals surface area contributed by atoms with Crippen LogP contribution in [0, 0.1) is 12.7 Å². The third-order valence-corrected chi connectivity index (χ3v) is 5.45. The summed E-state index contributed by atoms with van der Waals surface area (Å²) in [5.41, 5.74) is 1.65. The van der Waals surface area contributed by atoms with E-state index in [0.29, 0.717) is 10.6 Å². The van der Waals surface area contributed by atoms with Crippen molar-refractivity contribution in [3.05, 3.63) is 45.7 Å². The second-order valence-corrected chi connectivity index (χ2v) is 6.97. The first-order valence-electron chi connectivity index (χ1n) is 7.95. The molecule has 2 heterocycles. The summed E-state index contributed by atoms with van der Waals surface area (Å²) in [6.45, 7) is 6.31. The van der Waals surface area contributed by atoms with Crippen molar-refractivity contribution in [3.63, 3.8) is 0 Å². The number of thiazole rings is 1. The van der Waals surface area contributed by atoms with Gasteiger partial charge in [0.25, 0.3) is 0 Å². The van der Waals surface area contributed by atoms with Crippen LogP contribution in [0.4, 0.5) is 10.1 Å². The number of hydrogen-bond acceptors (Lipinski definition) is 5. The van der Waals surface area contributed by atoms with Crippen LogP contribution in [0.15, 0.2) is 24.3 Å². The molecule has 3 rings (SSSR count). The molecule has 0 bridgehead atoms. The first kappa shape index (κ1) is 16.9. The second kappa shape index (κ2) is 7.27. The van der Waals surface area contributed by atoms with Crippen LogP contribution in [0.25, 0.3) is 0 Å². The van der Waals surface area contributed by atoms with Gasteiger partial charge in [-0.15, -0.1) is 11.3 Å². The lowest BCUT2D eigenvalue weighted by atomic mass is 10.2. The molecule has 0 saturated carbocycles. The summed E-state index contributed by atoms with van der Waals surface area (Å²) in [7, 11) is 0. The molecule has 1 aliphatic rings. The van der Waals surface area contributed by atoms with E-state index in [4.69, 9.17) is 5.11 Å². The molecule has 1 saturated heterocycles. The molecule has 1 aromatic carbocycles. The van der Waals surface area contributed by atoms with Crippen molar-refractivity contribution in [2.24, 2.45) is 0 Å². The van der Waals surface area contributed by atoms with Gasteiger partial charge in [-0.1, -0.05) is 0 Å². The third kappa shape index (κ3) is 3.91. The van der Waals surface area contributed by atoms with Crippen LogP contribution < -0.4 is 4.90 Å². The molecule has 0 atom stereocenters. The summed E-state index contributed by atoms with van der Waals surface area (Å²) in [6.07, 6.45) is 0.773. The standard InChI is InChI=1S/C17H20FN3O2S/c1-12-16(17(22)23)24-15(19-12)6-7-20-8-10-21(11-9-20)14-4-2-13(18)3-5-14/h2-5H,6-11H2,1H3,(H,22,23). The number of benzene rings is 1. The molecule has 0 spiro atoms. The molecule has 5 nitrogen and oxygen atoms in total. The van der Waals surface area contributed by atoms with Gasteiger partial charge in [0.2, 0.25) is 0 Å². The lowest BCUT2D eigenvalue weighted by Gasteiger charge is -2.36. The van der Waals surface area contributed by atoms with Crippen molar-refractivity contribution in [1.82, 2.24) is 9.88 Å². The number of hydrogen-bond donors (Lipinski definition) is 1. The molecule has 1 fully saturated rings. The summed E-state index contributed by atoms with van der Waals surface area (Å²) in [6, 6.07) is 6.62. The molecule has 7 heteroatoms. The van der Waals surface area contributed by atoms with Crippen LogP contribution in [0.3, 0.4) is 0 Å². The Morgan fingerprint density at radius 3 is 2.50 bits per heavy atom. The molecular formula is C17H20FN3O2S. The van der Waals surface area contributed by atoms with Gasteiger partial charge in [-0.2, -0.15) is 0 Å². The highest BCUT2D eigenvalue weighted by Gasteiger charge is 2.19. The van der Waals surface area contributed by atoms with E-state index in [-0.39, 0.29) is 5.82 Å². The van der Waals surface area contributed by atoms with Gasteiger partial charge in [0.1, 0.15) is 10.7 Å². The van der Waals surface area contributed by atoms with Gasteiger partial charge in [0.05, 0.1) is 10.7 Å². The molecule has 1 aliphatic heterocycles. The maximum Gasteiger partial charge on any atom is 0.347 e. The zero-order chi connectivity index (χ0) is 17.1. The minimum atomic E-state index is -0.899. The van der Waals surface area contributed by atoms with Crippen LogP contribution in [0.1, 0.15) is 20.4 Å². The number of aromatic nitrogens is 1. The van der Waals surface area contributed by atoms with Gasteiger partial charge in [-0.25, -0.2) is 14.2 Å². The monoisotopic (exact) mass is 349 g/mol. The number of halogens is 1. The smallest absolute Gasteiger partial charge is 0.347 e. The van der Waals surface area contributed by atoms with Gasteiger partial charge in [0.15, 0.2) is 0 Å². The number of carboxylic acid groups (broad SMARTS) is 1. The van der Waals surface area contributed by atoms with Crippen LogP contribution in [0.5, 0.6) is 0 Å². The zero-order valence-corrected chi connectivity index (χ0v) is 14.4. The average molecular weight is 349 g/mol. The fourth-order valence-corrected chi connectivity index (χ4v) is 3.79. The molecule has 0 aliphatic carbocycles. The van der Waals surface area contributed by atoms with Crippen molar-refractivity contribution in [2.45, 2.75) is 13.3 Å². The number of carboxylic acids is 1. The normalized spacial score (nSPS) is 15.7. The highest BCUT2D eigenvalue weighted by atomic mass is 32.1. The molecule has 0 unspecified atom stereocenters. The topological polar surface area (TPSA) is 56.7 Å². The van der Waals surface area contributed by atoms with Gasteiger partial charge in [-0.05, 0) is 31.2 Å². The van der Waals surface area contributed by atoms with Crippen molar-refractivity contribution in [2.75, 3.05) is 37.6 Å². The van der Waals surface area contributed by atoms with Crippen LogP contribution in [-0.2, 0) is 6.42 Å². The number of rotatable bonds is 5. The highest BCUT2D eigenvalue weighted by molar-refractivity contribution is 7.13. The minimum Gasteiger partial charge on any atom is -0.477 e. The summed E-state index contributed by atoms with van der Waals surface area (Å²) in [5, 5.41) is 9.96. The molecule has 1 N–H and O–H groups in total. The minimum absolute atomic E-state index is 0.211. The summed E-state index contributed by atoms with van der Waals surface area (Å²) < 4.78 is 13.0. The fraction of sp³-hybridized carbons (Fsp3) is 0.412. The Bertz CT molecular complexity index is 709. The summed E-state index contributed by atoms with van der Waals surface area (Å²) in [4.78, 5) is 20.4. The Morgan fingerprint density at radius 2 is 1.92 bits per heavy atom. The predicted octanol–water partition coefficient (Wildman–Crippen LogP) is 2.65. The first-order valence-corrected chi connectivity index (χ1v) is 8.77. The summed E-state index contributed by atoms with van der Waals surface area (Å²) >= 11 is 1.27. The van der Waals surface area contributed by atoms with E-state index in [1.807, 2.05) is 12.1 Å². The van der Waals surface area contributed by atoms with Gasteiger partial charge in [0, 0.05) is 44.8 Å². The number of anilines is 1. The Kier molecular flexibility index (Phi) is 5.11. The lowest BCUT2D eigenvalue weighted by Crippen LogP contribution is -2.47. The second-order valence-electron chi connectivity index (χ2n) is 5.88. The first-order chi connectivity index (χ1) is 11.5. The lowest BCUT2D eigenvalue weighted by molar-refractivity contribution is 0.0701. The van der Waals surface area contributed by atoms with E-state index in [0.717, 1.165) is 49.8 Å². The SMILES string of the molecule is Cc1nc(CCN2CCN(c3ccc(F)cc3)CC2)sc1C(=O)O. The van der Waals surface area contributed by atoms with Gasteiger partial charge < -0.3 is 10.0 Å². The van der Waals surface area contributed by atoms with E-state index in [9.17, 15) is 9.18 Å². The number of piperazine rings is 1. The van der Waals surface area contributed by atoms with Crippen molar-refractivity contribution in [3.8, 4) is 0 Å². The Hall–Kier alpha value is -1.99. The van der Waals surface area contributed by atoms with Gasteiger partial charge in [-0.3, -0.25) is 4.90 Å². The largest absolute Gasteiger partial charge is 0.477 e. The number of nitrogens with zero attached hydrogens (tertiary/aromatic N) is 3. The maximum atomic E-state index is 13.0. The maximum absolute atomic E-state index is 13.0. The average Bonchev–Trinajstić information content (AvgIpc) is 2.95. The van der Waals surface area contributed by atoms with E-state index >= 15 is 0 Å². The Morgan fingerprint density at radius 1 is 1.25 bits per heavy atom. The van der Waals surface area contributed by atoms with Crippen molar-refractivity contribution >= 4 is 23.0 Å². The quantitative estimate of drug-likeness (QED) is 0.899. The third-order valence-electron chi connectivity index (χ3n) is 4.24. The highest BCUT2D eigenvalue weighted by Crippen LogP contribution is 2.20. The van der Waals surface area contributed by atoms with Crippen molar-refractivity contribution in [1.29, 1.82) is 0 Å². The molecule has 24 heavy (non-hydrogen) atoms. The van der Waals surface area contributed by atoms with E-state index in [1.54, 1.807) is 6.92 Å². The summed E-state index contributed by atoms with van der Waals surface area (Å²) in [5.74, 6) is -1.11. The number of aromatic carboxylic acids is 1. The predicted molar refractivity (Wildman–Crippen MR) is 92.6 cm³/mol. The van der Waals surface area contributed by atoms with Crippen LogP contribution in [-0.4, -0.2) is 53.7 Å². The Labute approximate surface area is 144 Å². The van der Waals surface area contributed by atoms with Gasteiger partial charge >= 0.3 is 5.97 Å². The van der Waals surface area contributed by atoms with E-state index in [1.165, 1.54) is 23.5 Å². The van der Waals surface area contributed by atoms with Crippen LogP contribution >= 0.6 is 11.3 Å². The van der Waals surface area contributed by atoms with Crippen LogP contribution in [0.2, 0.25) is 0 Å². The number of aryl methyl sites for hydroxylation is 1.